The molecule has 2 aromatic rings. The van der Waals surface area contributed by atoms with Crippen LogP contribution in [0.3, 0.4) is 0 Å². The number of carbonyl (C=O) groups is 2. The van der Waals surface area contributed by atoms with Gasteiger partial charge in [0.05, 0.1) is 0 Å². The van der Waals surface area contributed by atoms with Crippen LogP contribution in [0.25, 0.3) is 0 Å². The van der Waals surface area contributed by atoms with Crippen LogP contribution in [0.4, 0.5) is 17.6 Å². The standard InChI is InChI=1S/C24H29FN2O2.C2HF3O2/c1-26(2)23(28)15-19-16-24(29-22-6-4-3-5-21(19)22)11-13-27(14-12-24)17-18-7-9-20(25)10-8-18;3-2(4,5)1(6)7/h3-10,19H,11-17H2,1-2H3;(H,6,7). The van der Waals surface area contributed by atoms with E-state index in [2.05, 4.69) is 11.0 Å². The van der Waals surface area contributed by atoms with Crippen molar-refractivity contribution in [2.45, 2.75) is 49.9 Å². The van der Waals surface area contributed by atoms with Gasteiger partial charge in [0.25, 0.3) is 0 Å². The van der Waals surface area contributed by atoms with Crippen molar-refractivity contribution in [1.29, 1.82) is 0 Å². The molecule has 2 aliphatic heterocycles. The van der Waals surface area contributed by atoms with Crippen LogP contribution < -0.4 is 4.74 Å². The van der Waals surface area contributed by atoms with Crippen LogP contribution in [0, 0.1) is 5.82 Å². The van der Waals surface area contributed by atoms with Gasteiger partial charge in [0.2, 0.25) is 5.91 Å². The summed E-state index contributed by atoms with van der Waals surface area (Å²) >= 11 is 0. The van der Waals surface area contributed by atoms with Crippen molar-refractivity contribution in [2.24, 2.45) is 0 Å². The minimum Gasteiger partial charge on any atom is -0.487 e. The van der Waals surface area contributed by atoms with E-state index < -0.39 is 12.1 Å². The smallest absolute Gasteiger partial charge is 0.487 e. The van der Waals surface area contributed by atoms with Gasteiger partial charge in [-0.2, -0.15) is 13.2 Å². The Morgan fingerprint density at radius 2 is 1.67 bits per heavy atom. The average Bonchev–Trinajstić information content (AvgIpc) is 2.82. The molecule has 1 fully saturated rings. The molecule has 10 heteroatoms. The van der Waals surface area contributed by atoms with Crippen LogP contribution >= 0.6 is 0 Å². The summed E-state index contributed by atoms with van der Waals surface area (Å²) < 4.78 is 51.4. The Kier molecular flexibility index (Phi) is 8.60. The Morgan fingerprint density at radius 1 is 1.08 bits per heavy atom. The number of rotatable bonds is 4. The molecule has 2 aliphatic rings. The Bertz CT molecular complexity index is 1050. The summed E-state index contributed by atoms with van der Waals surface area (Å²) in [4.78, 5) is 25.4. The fourth-order valence-electron chi connectivity index (χ4n) is 4.59. The maximum atomic E-state index is 13.1. The highest BCUT2D eigenvalue weighted by Crippen LogP contribution is 2.46. The zero-order valence-corrected chi connectivity index (χ0v) is 20.2. The molecule has 0 aliphatic carbocycles. The van der Waals surface area contributed by atoms with Gasteiger partial charge in [-0.25, -0.2) is 9.18 Å². The van der Waals surface area contributed by atoms with Crippen molar-refractivity contribution in [2.75, 3.05) is 27.2 Å². The van der Waals surface area contributed by atoms with Gasteiger partial charge in [-0.3, -0.25) is 9.69 Å². The molecule has 0 saturated carbocycles. The summed E-state index contributed by atoms with van der Waals surface area (Å²) in [6, 6.07) is 14.9. The first kappa shape index (κ1) is 27.4. The molecular formula is C26H30F4N2O4. The van der Waals surface area contributed by atoms with Crippen molar-refractivity contribution in [3.8, 4) is 5.75 Å². The summed E-state index contributed by atoms with van der Waals surface area (Å²) in [6.45, 7) is 2.71. The number of hydrogen-bond acceptors (Lipinski definition) is 4. The molecule has 0 bridgehead atoms. The van der Waals surface area contributed by atoms with Crippen LogP contribution in [-0.2, 0) is 16.1 Å². The van der Waals surface area contributed by atoms with E-state index in [1.165, 1.54) is 12.1 Å². The third-order valence-corrected chi connectivity index (χ3v) is 6.55. The molecule has 1 unspecified atom stereocenters. The minimum atomic E-state index is -5.08. The third kappa shape index (κ3) is 7.19. The first-order valence-corrected chi connectivity index (χ1v) is 11.6. The van der Waals surface area contributed by atoms with Crippen molar-refractivity contribution in [3.05, 3.63) is 65.5 Å². The van der Waals surface area contributed by atoms with Crippen molar-refractivity contribution < 1.29 is 37.0 Å². The average molecular weight is 511 g/mol. The number of likely N-dealkylation sites (tertiary alicyclic amines) is 1. The number of halogens is 4. The molecular weight excluding hydrogens is 480 g/mol. The quantitative estimate of drug-likeness (QED) is 0.597. The predicted molar refractivity (Wildman–Crippen MR) is 125 cm³/mol. The van der Waals surface area contributed by atoms with Gasteiger partial charge in [-0.1, -0.05) is 30.3 Å². The maximum Gasteiger partial charge on any atom is 0.490 e. The van der Waals surface area contributed by atoms with E-state index in [9.17, 15) is 22.4 Å². The summed E-state index contributed by atoms with van der Waals surface area (Å²) in [5.41, 5.74) is 2.08. The molecule has 1 amide bonds. The van der Waals surface area contributed by atoms with Crippen LogP contribution in [0.2, 0.25) is 0 Å². The van der Waals surface area contributed by atoms with E-state index in [0.717, 1.165) is 55.8 Å². The SMILES string of the molecule is CN(C)C(=O)CC1CC2(CCN(Cc3ccc(F)cc3)CC2)Oc2ccccc21.O=C(O)C(F)(F)F. The number of carbonyl (C=O) groups excluding carboxylic acids is 1. The molecule has 1 N–H and O–H groups in total. The summed E-state index contributed by atoms with van der Waals surface area (Å²) in [7, 11) is 3.63. The zero-order valence-electron chi connectivity index (χ0n) is 20.2. The largest absolute Gasteiger partial charge is 0.490 e. The van der Waals surface area contributed by atoms with Crippen LogP contribution in [0.5, 0.6) is 5.75 Å². The van der Waals surface area contributed by atoms with E-state index in [1.54, 1.807) is 4.90 Å². The molecule has 1 atom stereocenters. The normalized spacial score (nSPS) is 18.9. The Hall–Kier alpha value is -3.14. The number of benzene rings is 2. The van der Waals surface area contributed by atoms with Gasteiger partial charge in [0.1, 0.15) is 17.2 Å². The highest BCUT2D eigenvalue weighted by Gasteiger charge is 2.43. The molecule has 0 aromatic heterocycles. The topological polar surface area (TPSA) is 70.1 Å². The lowest BCUT2D eigenvalue weighted by atomic mass is 9.76. The molecule has 196 valence electrons. The van der Waals surface area contributed by atoms with Gasteiger partial charge < -0.3 is 14.7 Å². The predicted octanol–water partition coefficient (Wildman–Crippen LogP) is 4.84. The van der Waals surface area contributed by atoms with Crippen molar-refractivity contribution >= 4 is 11.9 Å². The number of carboxylic acids is 1. The highest BCUT2D eigenvalue weighted by atomic mass is 19.4. The number of fused-ring (bicyclic) bond motifs is 1. The Morgan fingerprint density at radius 3 is 2.22 bits per heavy atom. The number of amides is 1. The molecule has 6 nitrogen and oxygen atoms in total. The van der Waals surface area contributed by atoms with Gasteiger partial charge >= 0.3 is 12.1 Å². The summed E-state index contributed by atoms with van der Waals surface area (Å²) in [6.07, 6.45) is -1.80. The van der Waals surface area contributed by atoms with Gasteiger partial charge in [-0.05, 0) is 48.6 Å². The molecule has 1 spiro atoms. The molecule has 0 radical (unpaired) electrons. The van der Waals surface area contributed by atoms with E-state index in [0.29, 0.717) is 6.42 Å². The fraction of sp³-hybridized carbons (Fsp3) is 0.462. The maximum absolute atomic E-state index is 13.1. The lowest BCUT2D eigenvalue weighted by Gasteiger charge is -2.47. The summed E-state index contributed by atoms with van der Waals surface area (Å²) in [5, 5.41) is 7.12. The number of alkyl halides is 3. The number of piperidine rings is 1. The number of nitrogens with zero attached hydrogens (tertiary/aromatic N) is 2. The monoisotopic (exact) mass is 510 g/mol. The lowest BCUT2D eigenvalue weighted by molar-refractivity contribution is -0.192. The van der Waals surface area contributed by atoms with Crippen molar-refractivity contribution in [1.82, 2.24) is 9.80 Å². The van der Waals surface area contributed by atoms with Crippen LogP contribution in [0.15, 0.2) is 48.5 Å². The second kappa shape index (κ2) is 11.3. The fourth-order valence-corrected chi connectivity index (χ4v) is 4.59. The minimum absolute atomic E-state index is 0.163. The second-order valence-corrected chi connectivity index (χ2v) is 9.42. The number of aliphatic carboxylic acids is 1. The van der Waals surface area contributed by atoms with Gasteiger partial charge in [0.15, 0.2) is 0 Å². The molecule has 4 rings (SSSR count). The summed E-state index contributed by atoms with van der Waals surface area (Å²) in [5.74, 6) is -1.66. The number of ether oxygens (including phenoxy) is 1. The first-order chi connectivity index (χ1) is 16.9. The Balaban J connectivity index is 0.000000454. The van der Waals surface area contributed by atoms with Crippen LogP contribution in [-0.4, -0.2) is 65.7 Å². The van der Waals surface area contributed by atoms with E-state index in [-0.39, 0.29) is 23.2 Å². The zero-order chi connectivity index (χ0) is 26.5. The Labute approximate surface area is 207 Å². The van der Waals surface area contributed by atoms with Gasteiger partial charge in [0, 0.05) is 46.1 Å². The molecule has 2 heterocycles. The number of hydrogen-bond donors (Lipinski definition) is 1. The number of para-hydroxylation sites is 1. The van der Waals surface area contributed by atoms with E-state index in [1.807, 2.05) is 44.4 Å². The van der Waals surface area contributed by atoms with Crippen molar-refractivity contribution in [3.63, 3.8) is 0 Å². The third-order valence-electron chi connectivity index (χ3n) is 6.55. The molecule has 36 heavy (non-hydrogen) atoms. The lowest BCUT2D eigenvalue weighted by Crippen LogP contribution is -2.50. The van der Waals surface area contributed by atoms with Gasteiger partial charge in [-0.15, -0.1) is 0 Å². The van der Waals surface area contributed by atoms with E-state index >= 15 is 0 Å². The first-order valence-electron chi connectivity index (χ1n) is 11.6. The molecule has 2 aromatic carbocycles. The number of carboxylic acid groups (broad SMARTS) is 1. The highest BCUT2D eigenvalue weighted by molar-refractivity contribution is 5.76. The van der Waals surface area contributed by atoms with Crippen LogP contribution in [0.1, 0.15) is 42.7 Å². The van der Waals surface area contributed by atoms with E-state index in [4.69, 9.17) is 14.6 Å². The second-order valence-electron chi connectivity index (χ2n) is 9.42. The molecule has 1 saturated heterocycles.